The number of hydrogen-bond donors (Lipinski definition) is 0. The van der Waals surface area contributed by atoms with Crippen LogP contribution in [0, 0.1) is 12.7 Å². The Kier molecular flexibility index (Phi) is 6.84. The number of methoxy groups -OCH3 is 1. The minimum atomic E-state index is -0.475. The standard InChI is InChI=1S/C28H29FN4O3/c1-19-16-32(18-30-19)25-11-9-20(15-27(25)35-2)14-21-6-5-13-33-22(17-36-31-28(21)33)10-12-26(34)23-7-3-4-8-24(23)29/h3-4,7-9,11,14-16,18,22H,5-6,10,12-13,17H2,1-2H3/b21-14+/t22-/m0/s1. The fourth-order valence-electron chi connectivity index (χ4n) is 4.83. The fraction of sp³-hybridized carbons (Fsp3) is 0.321. The molecule has 1 aromatic heterocycles. The molecule has 0 unspecified atom stereocenters. The average Bonchev–Trinajstić information content (AvgIpc) is 3.33. The number of fused-ring (bicyclic) bond motifs is 1. The van der Waals surface area contributed by atoms with Gasteiger partial charge in [-0.15, -0.1) is 0 Å². The van der Waals surface area contributed by atoms with E-state index >= 15 is 0 Å². The number of ether oxygens (including phenoxy) is 1. The van der Waals surface area contributed by atoms with Crippen LogP contribution in [0.3, 0.4) is 0 Å². The third-order valence-electron chi connectivity index (χ3n) is 6.68. The topological polar surface area (TPSA) is 69.0 Å². The Labute approximate surface area is 209 Å². The number of rotatable bonds is 7. The first-order valence-electron chi connectivity index (χ1n) is 12.2. The zero-order valence-corrected chi connectivity index (χ0v) is 20.5. The second-order valence-electron chi connectivity index (χ2n) is 9.13. The highest BCUT2D eigenvalue weighted by atomic mass is 19.1. The average molecular weight is 489 g/mol. The van der Waals surface area contributed by atoms with Crippen molar-refractivity contribution in [1.82, 2.24) is 14.5 Å². The first kappa shape index (κ1) is 23.8. The Hall–Kier alpha value is -3.94. The minimum absolute atomic E-state index is 0.0123. The van der Waals surface area contributed by atoms with E-state index in [2.05, 4.69) is 21.1 Å². The van der Waals surface area contributed by atoms with Crippen LogP contribution in [0.25, 0.3) is 11.8 Å². The summed E-state index contributed by atoms with van der Waals surface area (Å²) in [5.41, 5.74) is 4.09. The number of carbonyl (C=O) groups excluding carboxylic acids is 1. The van der Waals surface area contributed by atoms with Gasteiger partial charge < -0.3 is 19.0 Å². The molecule has 0 bridgehead atoms. The summed E-state index contributed by atoms with van der Waals surface area (Å²) in [6, 6.07) is 12.2. The summed E-state index contributed by atoms with van der Waals surface area (Å²) in [5, 5.41) is 4.37. The van der Waals surface area contributed by atoms with Crippen molar-refractivity contribution in [3.05, 3.63) is 83.2 Å². The number of nitrogens with zero attached hydrogens (tertiary/aromatic N) is 4. The summed E-state index contributed by atoms with van der Waals surface area (Å²) in [7, 11) is 1.66. The molecule has 0 spiro atoms. The highest BCUT2D eigenvalue weighted by molar-refractivity contribution is 6.03. The van der Waals surface area contributed by atoms with Gasteiger partial charge in [-0.05, 0) is 67.7 Å². The predicted octanol–water partition coefficient (Wildman–Crippen LogP) is 5.18. The Bertz CT molecular complexity index is 1330. The second kappa shape index (κ2) is 10.4. The molecule has 0 amide bonds. The van der Waals surface area contributed by atoms with Gasteiger partial charge in [-0.2, -0.15) is 0 Å². The molecule has 7 nitrogen and oxygen atoms in total. The number of oxime groups is 1. The molecule has 1 atom stereocenters. The van der Waals surface area contributed by atoms with E-state index in [1.807, 2.05) is 35.9 Å². The summed E-state index contributed by atoms with van der Waals surface area (Å²) in [5.74, 6) is 0.896. The Balaban J connectivity index is 1.32. The Morgan fingerprint density at radius 3 is 2.92 bits per heavy atom. The van der Waals surface area contributed by atoms with Crippen molar-refractivity contribution in [3.63, 3.8) is 0 Å². The van der Waals surface area contributed by atoms with E-state index in [-0.39, 0.29) is 23.8 Å². The zero-order chi connectivity index (χ0) is 25.1. The van der Waals surface area contributed by atoms with Gasteiger partial charge in [-0.3, -0.25) is 4.79 Å². The summed E-state index contributed by atoms with van der Waals surface area (Å²) in [6.45, 7) is 3.21. The molecule has 3 aromatic rings. The molecule has 2 aromatic carbocycles. The van der Waals surface area contributed by atoms with Crippen LogP contribution in [0.2, 0.25) is 0 Å². The van der Waals surface area contributed by atoms with E-state index in [1.54, 1.807) is 25.6 Å². The van der Waals surface area contributed by atoms with E-state index in [0.717, 1.165) is 53.5 Å². The molecule has 3 heterocycles. The summed E-state index contributed by atoms with van der Waals surface area (Å²) >= 11 is 0. The van der Waals surface area contributed by atoms with Crippen molar-refractivity contribution in [2.45, 2.75) is 38.6 Å². The van der Waals surface area contributed by atoms with E-state index in [9.17, 15) is 9.18 Å². The van der Waals surface area contributed by atoms with Gasteiger partial charge in [0.25, 0.3) is 0 Å². The van der Waals surface area contributed by atoms with Crippen LogP contribution in [0.15, 0.2) is 65.7 Å². The molecule has 0 radical (unpaired) electrons. The zero-order valence-electron chi connectivity index (χ0n) is 20.5. The van der Waals surface area contributed by atoms with Crippen LogP contribution < -0.4 is 4.74 Å². The number of aryl methyl sites for hydroxylation is 1. The number of halogens is 1. The number of aromatic nitrogens is 2. The molecular formula is C28H29FN4O3. The van der Waals surface area contributed by atoms with Crippen LogP contribution in [-0.4, -0.2) is 52.4 Å². The molecule has 1 saturated heterocycles. The maximum atomic E-state index is 14.0. The van der Waals surface area contributed by atoms with Crippen molar-refractivity contribution in [3.8, 4) is 11.4 Å². The van der Waals surface area contributed by atoms with E-state index in [4.69, 9.17) is 9.57 Å². The van der Waals surface area contributed by atoms with Gasteiger partial charge in [-0.1, -0.05) is 23.4 Å². The summed E-state index contributed by atoms with van der Waals surface area (Å²) < 4.78 is 21.6. The first-order chi connectivity index (χ1) is 17.5. The number of hydrogen-bond acceptors (Lipinski definition) is 6. The quantitative estimate of drug-likeness (QED) is 0.429. The maximum Gasteiger partial charge on any atom is 0.171 e. The van der Waals surface area contributed by atoms with Crippen molar-refractivity contribution in [1.29, 1.82) is 0 Å². The van der Waals surface area contributed by atoms with E-state index < -0.39 is 5.82 Å². The van der Waals surface area contributed by atoms with Crippen molar-refractivity contribution >= 4 is 17.7 Å². The smallest absolute Gasteiger partial charge is 0.171 e. The molecule has 186 valence electrons. The highest BCUT2D eigenvalue weighted by Gasteiger charge is 2.32. The molecule has 8 heteroatoms. The van der Waals surface area contributed by atoms with Crippen molar-refractivity contribution in [2.75, 3.05) is 20.3 Å². The van der Waals surface area contributed by atoms with Crippen molar-refractivity contribution in [2.24, 2.45) is 5.16 Å². The van der Waals surface area contributed by atoms with Gasteiger partial charge in [0.1, 0.15) is 18.2 Å². The van der Waals surface area contributed by atoms with Gasteiger partial charge in [0.05, 0.1) is 36.4 Å². The molecule has 0 saturated carbocycles. The predicted molar refractivity (Wildman–Crippen MR) is 136 cm³/mol. The Morgan fingerprint density at radius 2 is 2.14 bits per heavy atom. The molecule has 2 aliphatic rings. The van der Waals surface area contributed by atoms with Crippen molar-refractivity contribution < 1.29 is 18.8 Å². The fourth-order valence-corrected chi connectivity index (χ4v) is 4.83. The number of benzene rings is 2. The molecule has 0 N–H and O–H groups in total. The van der Waals surface area contributed by atoms with Crippen LogP contribution in [-0.2, 0) is 4.84 Å². The van der Waals surface area contributed by atoms with Gasteiger partial charge in [0.2, 0.25) is 0 Å². The lowest BCUT2D eigenvalue weighted by Crippen LogP contribution is -2.49. The third kappa shape index (κ3) is 4.89. The lowest BCUT2D eigenvalue weighted by Gasteiger charge is -2.40. The maximum absolute atomic E-state index is 14.0. The number of amidine groups is 1. The number of ketones is 1. The van der Waals surface area contributed by atoms with E-state index in [0.29, 0.717) is 13.0 Å². The lowest BCUT2D eigenvalue weighted by molar-refractivity contribution is 0.0527. The van der Waals surface area contributed by atoms with Crippen LogP contribution in [0.4, 0.5) is 4.39 Å². The number of imidazole rings is 1. The van der Waals surface area contributed by atoms with E-state index in [1.165, 1.54) is 12.1 Å². The molecule has 5 rings (SSSR count). The van der Waals surface area contributed by atoms with Crippen LogP contribution in [0.5, 0.6) is 5.75 Å². The number of carbonyl (C=O) groups is 1. The minimum Gasteiger partial charge on any atom is -0.495 e. The number of piperidine rings is 1. The SMILES string of the molecule is COc1cc(/C=C2\CCCN3C2=NOC[C@@H]3CCC(=O)c2ccccc2F)ccc1-n1cnc(C)c1. The normalized spacial score (nSPS) is 18.4. The van der Waals surface area contributed by atoms with Crippen LogP contribution in [0.1, 0.15) is 47.3 Å². The van der Waals surface area contributed by atoms with Gasteiger partial charge in [0.15, 0.2) is 11.6 Å². The van der Waals surface area contributed by atoms with Crippen LogP contribution >= 0.6 is 0 Å². The molecular weight excluding hydrogens is 459 g/mol. The second-order valence-corrected chi connectivity index (χ2v) is 9.13. The molecule has 1 fully saturated rings. The third-order valence-corrected chi connectivity index (χ3v) is 6.68. The largest absolute Gasteiger partial charge is 0.495 e. The first-order valence-corrected chi connectivity index (χ1v) is 12.2. The number of Topliss-reactive ketones (excluding diaryl/α,β-unsaturated/α-hetero) is 1. The van der Waals surface area contributed by atoms with Gasteiger partial charge in [0, 0.05) is 19.2 Å². The van der Waals surface area contributed by atoms with Gasteiger partial charge >= 0.3 is 0 Å². The van der Waals surface area contributed by atoms with Gasteiger partial charge in [-0.25, -0.2) is 9.37 Å². The summed E-state index contributed by atoms with van der Waals surface area (Å²) in [4.78, 5) is 24.7. The molecule has 0 aliphatic carbocycles. The lowest BCUT2D eigenvalue weighted by atomic mass is 9.96. The highest BCUT2D eigenvalue weighted by Crippen LogP contribution is 2.30. The molecule has 2 aliphatic heterocycles. The Morgan fingerprint density at radius 1 is 1.28 bits per heavy atom. The summed E-state index contributed by atoms with van der Waals surface area (Å²) in [6.07, 6.45) is 8.54. The monoisotopic (exact) mass is 488 g/mol. The molecule has 36 heavy (non-hydrogen) atoms.